The Bertz CT molecular complexity index is 1100. The first-order chi connectivity index (χ1) is 18.4. The standard InChI is InChI=1S/C31H47O7P/c1-7-8-10-13-24-19-27(32)29(26-18-23(6)14-15-25(26)21(2)3)28(20-24)36-30(33)31(16-11-9-12-17-31)38-39(34,35)37-22(4)5/h18-20,22,25-26,32H,2,7-17H2,1,3-6H3,(H,34,35)/p-1/t25-,26+/m0/s1. The second kappa shape index (κ2) is 13.6. The Labute approximate surface area is 234 Å². The quantitative estimate of drug-likeness (QED) is 0.0918. The number of carbonyl (C=O) groups is 1. The van der Waals surface area contributed by atoms with Crippen LogP contribution < -0.4 is 9.63 Å². The fraction of sp³-hybridized carbons (Fsp3) is 0.645. The van der Waals surface area contributed by atoms with Crippen molar-refractivity contribution in [2.45, 2.75) is 123 Å². The van der Waals surface area contributed by atoms with Crippen molar-refractivity contribution in [3.63, 3.8) is 0 Å². The van der Waals surface area contributed by atoms with Gasteiger partial charge in [-0.25, -0.2) is 4.79 Å². The molecule has 8 heteroatoms. The Hall–Kier alpha value is -1.92. The Morgan fingerprint density at radius 3 is 2.54 bits per heavy atom. The van der Waals surface area contributed by atoms with Gasteiger partial charge in [0, 0.05) is 11.5 Å². The summed E-state index contributed by atoms with van der Waals surface area (Å²) in [5.74, 6) is -0.579. The summed E-state index contributed by atoms with van der Waals surface area (Å²) in [5.41, 5.74) is 1.93. The van der Waals surface area contributed by atoms with Crippen LogP contribution in [0.25, 0.3) is 0 Å². The van der Waals surface area contributed by atoms with Crippen molar-refractivity contribution in [2.24, 2.45) is 5.92 Å². The molecule has 1 unspecified atom stereocenters. The summed E-state index contributed by atoms with van der Waals surface area (Å²) in [6, 6.07) is 3.60. The molecule has 39 heavy (non-hydrogen) atoms. The van der Waals surface area contributed by atoms with Crippen molar-refractivity contribution in [3.05, 3.63) is 47.1 Å². The monoisotopic (exact) mass is 561 g/mol. The first-order valence-electron chi connectivity index (χ1n) is 14.5. The second-order valence-electron chi connectivity index (χ2n) is 11.7. The van der Waals surface area contributed by atoms with Gasteiger partial charge in [-0.2, -0.15) is 0 Å². The van der Waals surface area contributed by atoms with Crippen LogP contribution in [0, 0.1) is 5.92 Å². The van der Waals surface area contributed by atoms with Gasteiger partial charge in [-0.05, 0) is 103 Å². The molecule has 3 rings (SSSR count). The van der Waals surface area contributed by atoms with Crippen molar-refractivity contribution in [2.75, 3.05) is 0 Å². The van der Waals surface area contributed by atoms with E-state index in [4.69, 9.17) is 13.8 Å². The van der Waals surface area contributed by atoms with E-state index in [-0.39, 0.29) is 36.2 Å². The highest BCUT2D eigenvalue weighted by atomic mass is 31.2. The van der Waals surface area contributed by atoms with Crippen molar-refractivity contribution in [1.82, 2.24) is 0 Å². The molecule has 7 nitrogen and oxygen atoms in total. The molecule has 1 fully saturated rings. The van der Waals surface area contributed by atoms with Crippen LogP contribution in [0.3, 0.4) is 0 Å². The number of allylic oxidation sites excluding steroid dienone is 3. The Morgan fingerprint density at radius 2 is 1.92 bits per heavy atom. The van der Waals surface area contributed by atoms with Crippen LogP contribution >= 0.6 is 7.82 Å². The number of phenols is 1. The van der Waals surface area contributed by atoms with Gasteiger partial charge in [0.2, 0.25) is 0 Å². The number of ether oxygens (including phenoxy) is 1. The molecule has 0 radical (unpaired) electrons. The predicted octanol–water partition coefficient (Wildman–Crippen LogP) is 7.66. The van der Waals surface area contributed by atoms with Gasteiger partial charge in [0.05, 0.1) is 6.10 Å². The summed E-state index contributed by atoms with van der Waals surface area (Å²) >= 11 is 0. The van der Waals surface area contributed by atoms with Gasteiger partial charge in [0.25, 0.3) is 7.82 Å². The number of hydrogen-bond donors (Lipinski definition) is 1. The lowest BCUT2D eigenvalue weighted by Gasteiger charge is -2.39. The minimum Gasteiger partial charge on any atom is -0.756 e. The fourth-order valence-electron chi connectivity index (χ4n) is 5.86. The third-order valence-corrected chi connectivity index (χ3v) is 9.08. The van der Waals surface area contributed by atoms with E-state index >= 15 is 0 Å². The average molecular weight is 562 g/mol. The second-order valence-corrected chi connectivity index (χ2v) is 12.9. The fourth-order valence-corrected chi connectivity index (χ4v) is 7.10. The first kappa shape index (κ1) is 31.6. The third kappa shape index (κ3) is 8.29. The highest BCUT2D eigenvalue weighted by Crippen LogP contribution is 2.51. The largest absolute Gasteiger partial charge is 0.756 e. The van der Waals surface area contributed by atoms with E-state index in [1.165, 1.54) is 5.57 Å². The van der Waals surface area contributed by atoms with Crippen molar-refractivity contribution in [1.29, 1.82) is 0 Å². The normalized spacial score (nSPS) is 22.7. The topological polar surface area (TPSA) is 105 Å². The van der Waals surface area contributed by atoms with E-state index < -0.39 is 25.5 Å². The summed E-state index contributed by atoms with van der Waals surface area (Å²) in [5, 5.41) is 11.3. The van der Waals surface area contributed by atoms with E-state index in [0.29, 0.717) is 18.4 Å². The third-order valence-electron chi connectivity index (χ3n) is 7.82. The molecule has 0 heterocycles. The van der Waals surface area contributed by atoms with E-state index in [9.17, 15) is 19.4 Å². The number of rotatable bonds is 12. The van der Waals surface area contributed by atoms with E-state index in [0.717, 1.165) is 56.1 Å². The number of aromatic hydroxyl groups is 1. The zero-order chi connectivity index (χ0) is 28.8. The molecule has 218 valence electrons. The molecule has 3 atom stereocenters. The van der Waals surface area contributed by atoms with Gasteiger partial charge < -0.3 is 19.3 Å². The van der Waals surface area contributed by atoms with Gasteiger partial charge in [-0.1, -0.05) is 50.0 Å². The molecule has 0 amide bonds. The maximum atomic E-state index is 13.9. The zero-order valence-electron chi connectivity index (χ0n) is 24.3. The minimum absolute atomic E-state index is 0.0733. The average Bonchev–Trinajstić information content (AvgIpc) is 2.83. The first-order valence-corrected chi connectivity index (χ1v) is 15.9. The lowest BCUT2D eigenvalue weighted by Crippen LogP contribution is -2.46. The zero-order valence-corrected chi connectivity index (χ0v) is 25.2. The molecule has 1 saturated carbocycles. The molecule has 0 spiro atoms. The van der Waals surface area contributed by atoms with Crippen LogP contribution in [0.2, 0.25) is 0 Å². The summed E-state index contributed by atoms with van der Waals surface area (Å²) in [6.07, 6.45) is 9.68. The maximum Gasteiger partial charge on any atom is 0.344 e. The van der Waals surface area contributed by atoms with Gasteiger partial charge in [0.1, 0.15) is 11.5 Å². The van der Waals surface area contributed by atoms with E-state index in [2.05, 4.69) is 26.5 Å². The summed E-state index contributed by atoms with van der Waals surface area (Å²) in [7, 11) is -4.77. The van der Waals surface area contributed by atoms with Crippen LogP contribution in [0.5, 0.6) is 11.5 Å². The number of aryl methyl sites for hydroxylation is 1. The Balaban J connectivity index is 2.06. The Morgan fingerprint density at radius 1 is 1.23 bits per heavy atom. The number of phenolic OH excluding ortho intramolecular Hbond substituents is 1. The van der Waals surface area contributed by atoms with Crippen molar-refractivity contribution in [3.8, 4) is 11.5 Å². The molecule has 0 aliphatic heterocycles. The summed E-state index contributed by atoms with van der Waals surface area (Å²) in [6.45, 7) is 13.6. The van der Waals surface area contributed by atoms with Crippen LogP contribution in [0.4, 0.5) is 0 Å². The van der Waals surface area contributed by atoms with E-state index in [1.807, 2.05) is 13.0 Å². The number of phosphoric acid groups is 1. The molecule has 0 saturated heterocycles. The highest BCUT2D eigenvalue weighted by Gasteiger charge is 2.46. The van der Waals surface area contributed by atoms with Crippen LogP contribution in [0.1, 0.15) is 116 Å². The number of unbranched alkanes of at least 4 members (excludes halogenated alkanes) is 2. The molecular formula is C31H46O7P-. The van der Waals surface area contributed by atoms with Gasteiger partial charge >= 0.3 is 5.97 Å². The number of phosphoric ester groups is 1. The summed E-state index contributed by atoms with van der Waals surface area (Å²) < 4.78 is 29.4. The molecule has 1 N–H and O–H groups in total. The van der Waals surface area contributed by atoms with Crippen molar-refractivity contribution < 1.29 is 33.1 Å². The van der Waals surface area contributed by atoms with Gasteiger partial charge in [0.15, 0.2) is 5.60 Å². The SMILES string of the molecule is C=C(C)[C@@H]1CCC(C)=C[C@H]1c1c(O)cc(CCCCC)cc1OC(=O)C1(OP(=O)([O-])OC(C)C)CCCCC1. The molecule has 1 aromatic rings. The number of esters is 1. The van der Waals surface area contributed by atoms with Gasteiger partial charge in [-0.3, -0.25) is 9.09 Å². The minimum atomic E-state index is -4.77. The maximum absolute atomic E-state index is 13.9. The number of hydrogen-bond acceptors (Lipinski definition) is 7. The van der Waals surface area contributed by atoms with Crippen LogP contribution in [-0.2, 0) is 24.8 Å². The smallest absolute Gasteiger partial charge is 0.344 e. The summed E-state index contributed by atoms with van der Waals surface area (Å²) in [4.78, 5) is 26.6. The predicted molar refractivity (Wildman–Crippen MR) is 152 cm³/mol. The Kier molecular flexibility index (Phi) is 11.0. The highest BCUT2D eigenvalue weighted by molar-refractivity contribution is 7.46. The molecular weight excluding hydrogens is 515 g/mol. The molecule has 2 aliphatic carbocycles. The van der Waals surface area contributed by atoms with Crippen molar-refractivity contribution >= 4 is 13.8 Å². The number of benzene rings is 1. The molecule has 1 aromatic carbocycles. The van der Waals surface area contributed by atoms with Gasteiger partial charge in [-0.15, -0.1) is 0 Å². The molecule has 0 bridgehead atoms. The van der Waals surface area contributed by atoms with Crippen LogP contribution in [0.15, 0.2) is 35.9 Å². The van der Waals surface area contributed by atoms with Crippen LogP contribution in [-0.4, -0.2) is 22.8 Å². The lowest BCUT2D eigenvalue weighted by molar-refractivity contribution is -0.242. The lowest BCUT2D eigenvalue weighted by atomic mass is 9.73. The molecule has 2 aliphatic rings. The van der Waals surface area contributed by atoms with E-state index in [1.54, 1.807) is 19.9 Å². The molecule has 0 aromatic heterocycles. The number of carbonyl (C=O) groups excluding carboxylic acids is 1.